The summed E-state index contributed by atoms with van der Waals surface area (Å²) in [5.74, 6) is 0.980. The SMILES string of the molecule is Bc1c(C)ccc(OC)c1C. The third-order valence-corrected chi connectivity index (χ3v) is 2.23. The monoisotopic (exact) mass is 148 g/mol. The highest BCUT2D eigenvalue weighted by Gasteiger charge is 2.01. The highest BCUT2D eigenvalue weighted by atomic mass is 16.5. The molecule has 0 N–H and O–H groups in total. The zero-order valence-corrected chi connectivity index (χ0v) is 7.56. The number of hydrogen-bond donors (Lipinski definition) is 0. The molecule has 1 aromatic rings. The van der Waals surface area contributed by atoms with E-state index in [1.807, 2.05) is 6.07 Å². The van der Waals surface area contributed by atoms with Gasteiger partial charge in [0.05, 0.1) is 7.11 Å². The molecule has 0 aliphatic heterocycles. The molecule has 0 heterocycles. The van der Waals surface area contributed by atoms with E-state index in [9.17, 15) is 0 Å². The lowest BCUT2D eigenvalue weighted by molar-refractivity contribution is 0.412. The van der Waals surface area contributed by atoms with Crippen molar-refractivity contribution in [2.75, 3.05) is 7.11 Å². The Balaban J connectivity index is 3.25. The van der Waals surface area contributed by atoms with Crippen LogP contribution in [0.4, 0.5) is 0 Å². The molecule has 0 spiro atoms. The average Bonchev–Trinajstić information content (AvgIpc) is 2.01. The Labute approximate surface area is 68.8 Å². The van der Waals surface area contributed by atoms with Crippen molar-refractivity contribution in [2.45, 2.75) is 13.8 Å². The zero-order valence-electron chi connectivity index (χ0n) is 7.56. The summed E-state index contributed by atoms with van der Waals surface area (Å²) in [5, 5.41) is 0. The largest absolute Gasteiger partial charge is 0.497 e. The lowest BCUT2D eigenvalue weighted by Crippen LogP contribution is -2.12. The molecule has 1 rings (SSSR count). The van der Waals surface area contributed by atoms with Crippen LogP contribution in [0.3, 0.4) is 0 Å². The predicted octanol–water partition coefficient (Wildman–Crippen LogP) is 0.570. The van der Waals surface area contributed by atoms with E-state index in [0.717, 1.165) is 5.75 Å². The van der Waals surface area contributed by atoms with Gasteiger partial charge in [-0.2, -0.15) is 0 Å². The van der Waals surface area contributed by atoms with E-state index in [4.69, 9.17) is 4.74 Å². The van der Waals surface area contributed by atoms with Crippen molar-refractivity contribution >= 4 is 13.3 Å². The molecule has 1 aromatic carbocycles. The molecular weight excluding hydrogens is 135 g/mol. The van der Waals surface area contributed by atoms with Gasteiger partial charge in [0.1, 0.15) is 13.6 Å². The molecule has 0 amide bonds. The summed E-state index contributed by atoms with van der Waals surface area (Å²) in [7, 11) is 3.82. The molecule has 0 aliphatic rings. The van der Waals surface area contributed by atoms with E-state index in [1.54, 1.807) is 7.11 Å². The summed E-state index contributed by atoms with van der Waals surface area (Å²) in [6.07, 6.45) is 0. The maximum Gasteiger partial charge on any atom is 0.140 e. The molecule has 0 aromatic heterocycles. The Morgan fingerprint density at radius 3 is 2.45 bits per heavy atom. The molecule has 58 valence electrons. The molecule has 11 heavy (non-hydrogen) atoms. The summed E-state index contributed by atoms with van der Waals surface area (Å²) in [5.41, 5.74) is 3.89. The molecular formula is C9H13BO. The smallest absolute Gasteiger partial charge is 0.140 e. The molecule has 0 radical (unpaired) electrons. The Morgan fingerprint density at radius 1 is 1.27 bits per heavy atom. The Kier molecular flexibility index (Phi) is 2.23. The van der Waals surface area contributed by atoms with Gasteiger partial charge in [0.15, 0.2) is 0 Å². The van der Waals surface area contributed by atoms with Crippen molar-refractivity contribution in [3.05, 3.63) is 23.3 Å². The fourth-order valence-corrected chi connectivity index (χ4v) is 1.15. The van der Waals surface area contributed by atoms with Gasteiger partial charge in [-0.3, -0.25) is 0 Å². The normalized spacial score (nSPS) is 9.73. The molecule has 0 saturated heterocycles. The van der Waals surface area contributed by atoms with Gasteiger partial charge in [0, 0.05) is 0 Å². The number of aryl methyl sites for hydroxylation is 1. The van der Waals surface area contributed by atoms with Crippen LogP contribution in [0.2, 0.25) is 0 Å². The second-order valence-electron chi connectivity index (χ2n) is 2.83. The first-order valence-electron chi connectivity index (χ1n) is 3.77. The summed E-state index contributed by atoms with van der Waals surface area (Å²) >= 11 is 0. The second kappa shape index (κ2) is 2.99. The van der Waals surface area contributed by atoms with E-state index < -0.39 is 0 Å². The maximum absolute atomic E-state index is 5.18. The third kappa shape index (κ3) is 1.39. The topological polar surface area (TPSA) is 9.23 Å². The van der Waals surface area contributed by atoms with E-state index in [2.05, 4.69) is 27.8 Å². The highest BCUT2D eigenvalue weighted by molar-refractivity contribution is 6.34. The first-order chi connectivity index (χ1) is 5.16. The third-order valence-electron chi connectivity index (χ3n) is 2.23. The van der Waals surface area contributed by atoms with E-state index in [0.29, 0.717) is 0 Å². The predicted molar refractivity (Wildman–Crippen MR) is 50.6 cm³/mol. The first kappa shape index (κ1) is 8.18. The van der Waals surface area contributed by atoms with Gasteiger partial charge in [-0.25, -0.2) is 0 Å². The minimum atomic E-state index is 0.980. The summed E-state index contributed by atoms with van der Waals surface area (Å²) in [4.78, 5) is 0. The Bertz CT molecular complexity index is 269. The van der Waals surface area contributed by atoms with Gasteiger partial charge in [0.2, 0.25) is 0 Å². The van der Waals surface area contributed by atoms with Crippen molar-refractivity contribution in [2.24, 2.45) is 0 Å². The van der Waals surface area contributed by atoms with E-state index in [1.165, 1.54) is 16.6 Å². The van der Waals surface area contributed by atoms with Crippen LogP contribution in [-0.2, 0) is 0 Å². The van der Waals surface area contributed by atoms with Crippen LogP contribution in [0.5, 0.6) is 5.75 Å². The fraction of sp³-hybridized carbons (Fsp3) is 0.333. The minimum absolute atomic E-state index is 0.980. The van der Waals surface area contributed by atoms with Crippen LogP contribution < -0.4 is 10.2 Å². The van der Waals surface area contributed by atoms with Crippen molar-refractivity contribution in [1.29, 1.82) is 0 Å². The van der Waals surface area contributed by atoms with E-state index >= 15 is 0 Å². The van der Waals surface area contributed by atoms with Gasteiger partial charge in [-0.1, -0.05) is 17.1 Å². The van der Waals surface area contributed by atoms with Crippen LogP contribution in [-0.4, -0.2) is 15.0 Å². The lowest BCUT2D eigenvalue weighted by atomic mass is 9.86. The molecule has 2 heteroatoms. The number of hydrogen-bond acceptors (Lipinski definition) is 1. The summed E-state index contributed by atoms with van der Waals surface area (Å²) in [6.45, 7) is 4.20. The fourth-order valence-electron chi connectivity index (χ4n) is 1.15. The molecule has 0 unspecified atom stereocenters. The molecule has 0 saturated carbocycles. The van der Waals surface area contributed by atoms with Gasteiger partial charge < -0.3 is 4.74 Å². The standard InChI is InChI=1S/C9H13BO/c1-6-4-5-8(11-3)7(2)9(6)10/h4-5H,10H2,1-3H3. The van der Waals surface area contributed by atoms with Crippen LogP contribution in [0.15, 0.2) is 12.1 Å². The quantitative estimate of drug-likeness (QED) is 0.529. The molecule has 0 bridgehead atoms. The number of rotatable bonds is 1. The minimum Gasteiger partial charge on any atom is -0.497 e. The van der Waals surface area contributed by atoms with E-state index in [-0.39, 0.29) is 0 Å². The molecule has 0 fully saturated rings. The van der Waals surface area contributed by atoms with Gasteiger partial charge in [0.25, 0.3) is 0 Å². The first-order valence-corrected chi connectivity index (χ1v) is 3.77. The maximum atomic E-state index is 5.18. The van der Waals surface area contributed by atoms with Gasteiger partial charge in [-0.15, -0.1) is 0 Å². The highest BCUT2D eigenvalue weighted by Crippen LogP contribution is 2.14. The summed E-state index contributed by atoms with van der Waals surface area (Å²) in [6, 6.07) is 4.10. The summed E-state index contributed by atoms with van der Waals surface area (Å²) < 4.78 is 5.18. The molecule has 0 aliphatic carbocycles. The van der Waals surface area contributed by atoms with Gasteiger partial charge in [-0.05, 0) is 25.5 Å². The van der Waals surface area contributed by atoms with Crippen LogP contribution >= 0.6 is 0 Å². The lowest BCUT2D eigenvalue weighted by Gasteiger charge is -2.09. The van der Waals surface area contributed by atoms with Crippen molar-refractivity contribution in [1.82, 2.24) is 0 Å². The molecule has 0 atom stereocenters. The zero-order chi connectivity index (χ0) is 8.43. The Morgan fingerprint density at radius 2 is 1.91 bits per heavy atom. The van der Waals surface area contributed by atoms with Gasteiger partial charge >= 0.3 is 0 Å². The van der Waals surface area contributed by atoms with Crippen molar-refractivity contribution in [3.8, 4) is 5.75 Å². The number of ether oxygens (including phenoxy) is 1. The number of methoxy groups -OCH3 is 1. The Hall–Kier alpha value is -0.915. The van der Waals surface area contributed by atoms with Crippen LogP contribution in [0.25, 0.3) is 0 Å². The average molecular weight is 148 g/mol. The van der Waals surface area contributed by atoms with Crippen molar-refractivity contribution < 1.29 is 4.74 Å². The van der Waals surface area contributed by atoms with Crippen molar-refractivity contribution in [3.63, 3.8) is 0 Å². The molecule has 1 nitrogen and oxygen atoms in total. The van der Waals surface area contributed by atoms with Crippen LogP contribution in [0, 0.1) is 13.8 Å². The second-order valence-corrected chi connectivity index (χ2v) is 2.83. The number of benzene rings is 1. The van der Waals surface area contributed by atoms with Crippen LogP contribution in [0.1, 0.15) is 11.1 Å².